The summed E-state index contributed by atoms with van der Waals surface area (Å²) >= 11 is 0. The predicted octanol–water partition coefficient (Wildman–Crippen LogP) is 1.99. The van der Waals surface area contributed by atoms with Crippen LogP contribution in [0.5, 0.6) is 0 Å². The van der Waals surface area contributed by atoms with E-state index in [4.69, 9.17) is 4.52 Å². The fourth-order valence-corrected chi connectivity index (χ4v) is 1.61. The summed E-state index contributed by atoms with van der Waals surface area (Å²) < 4.78 is 31.5. The zero-order valence-electron chi connectivity index (χ0n) is 10.7. The van der Waals surface area contributed by atoms with Crippen LogP contribution in [0.3, 0.4) is 0 Å². The average molecular weight is 281 g/mol. The van der Waals surface area contributed by atoms with Crippen molar-refractivity contribution in [1.29, 1.82) is 0 Å². The first-order chi connectivity index (χ1) is 9.56. The first-order valence-electron chi connectivity index (χ1n) is 5.93. The van der Waals surface area contributed by atoms with E-state index in [1.165, 1.54) is 6.07 Å². The summed E-state index contributed by atoms with van der Waals surface area (Å²) in [7, 11) is 0. The predicted molar refractivity (Wildman–Crippen MR) is 67.9 cm³/mol. The highest BCUT2D eigenvalue weighted by Crippen LogP contribution is 2.17. The Bertz CT molecular complexity index is 593. The van der Waals surface area contributed by atoms with E-state index in [0.717, 1.165) is 12.1 Å². The molecule has 7 heteroatoms. The molecule has 0 unspecified atom stereocenters. The second kappa shape index (κ2) is 6.25. The Morgan fingerprint density at radius 3 is 2.65 bits per heavy atom. The third-order valence-corrected chi connectivity index (χ3v) is 2.50. The van der Waals surface area contributed by atoms with Crippen LogP contribution >= 0.6 is 0 Å². The minimum Gasteiger partial charge on any atom is -0.361 e. The summed E-state index contributed by atoms with van der Waals surface area (Å²) in [5.41, 5.74) is 0.198. The molecule has 0 aliphatic rings. The van der Waals surface area contributed by atoms with Crippen molar-refractivity contribution < 1.29 is 18.1 Å². The van der Waals surface area contributed by atoms with Crippen LogP contribution in [0.2, 0.25) is 0 Å². The molecule has 1 aromatic heterocycles. The normalized spacial score (nSPS) is 10.6. The molecular formula is C13H13F2N3O2. The largest absolute Gasteiger partial charge is 0.361 e. The molecule has 0 radical (unpaired) electrons. The van der Waals surface area contributed by atoms with Gasteiger partial charge in [-0.1, -0.05) is 11.2 Å². The molecule has 0 saturated carbocycles. The Morgan fingerprint density at radius 1 is 1.35 bits per heavy atom. The number of nitrogens with one attached hydrogen (secondary N) is 2. The van der Waals surface area contributed by atoms with E-state index in [1.807, 2.05) is 0 Å². The number of amides is 1. The number of anilines is 1. The topological polar surface area (TPSA) is 67.2 Å². The molecule has 1 aromatic carbocycles. The number of hydrogen-bond acceptors (Lipinski definition) is 4. The van der Waals surface area contributed by atoms with Gasteiger partial charge in [0.05, 0.1) is 12.2 Å². The molecule has 1 heterocycles. The van der Waals surface area contributed by atoms with Gasteiger partial charge in [-0.15, -0.1) is 0 Å². The van der Waals surface area contributed by atoms with Gasteiger partial charge in [0.25, 0.3) is 0 Å². The van der Waals surface area contributed by atoms with Gasteiger partial charge in [0.2, 0.25) is 5.91 Å². The number of rotatable bonds is 5. The van der Waals surface area contributed by atoms with E-state index in [0.29, 0.717) is 18.0 Å². The highest BCUT2D eigenvalue weighted by Gasteiger charge is 2.11. The first-order valence-corrected chi connectivity index (χ1v) is 5.93. The van der Waals surface area contributed by atoms with Gasteiger partial charge >= 0.3 is 0 Å². The third kappa shape index (κ3) is 3.61. The number of aryl methyl sites for hydroxylation is 1. The second-order valence-corrected chi connectivity index (χ2v) is 4.18. The molecule has 2 N–H and O–H groups in total. The third-order valence-electron chi connectivity index (χ3n) is 2.50. The number of nitrogens with zero attached hydrogens (tertiary/aromatic N) is 1. The number of para-hydroxylation sites is 1. The quantitative estimate of drug-likeness (QED) is 0.879. The minimum absolute atomic E-state index is 0.0975. The van der Waals surface area contributed by atoms with E-state index in [9.17, 15) is 13.6 Å². The van der Waals surface area contributed by atoms with Gasteiger partial charge in [-0.2, -0.15) is 0 Å². The van der Waals surface area contributed by atoms with E-state index in [1.54, 1.807) is 13.0 Å². The number of halogens is 2. The van der Waals surface area contributed by atoms with E-state index < -0.39 is 23.2 Å². The molecule has 0 aliphatic carbocycles. The standard InChI is InChI=1S/C13H13F2N3O2/c1-8-5-9(18-20-8)6-16-7-12(19)17-13-10(14)3-2-4-11(13)15/h2-5,16H,6-7H2,1H3,(H,17,19). The Hall–Kier alpha value is -2.28. The van der Waals surface area contributed by atoms with Crippen molar-refractivity contribution in [3.8, 4) is 0 Å². The zero-order valence-corrected chi connectivity index (χ0v) is 10.7. The number of hydrogen-bond donors (Lipinski definition) is 2. The second-order valence-electron chi connectivity index (χ2n) is 4.18. The highest BCUT2D eigenvalue weighted by atomic mass is 19.1. The molecular weight excluding hydrogens is 268 g/mol. The van der Waals surface area contributed by atoms with Crippen molar-refractivity contribution >= 4 is 11.6 Å². The van der Waals surface area contributed by atoms with Gasteiger partial charge in [-0.05, 0) is 19.1 Å². The van der Waals surface area contributed by atoms with Crippen molar-refractivity contribution in [3.05, 3.63) is 47.4 Å². The summed E-state index contributed by atoms with van der Waals surface area (Å²) in [4.78, 5) is 11.6. The van der Waals surface area contributed by atoms with Crippen LogP contribution in [0, 0.1) is 18.6 Å². The maximum atomic E-state index is 13.3. The van der Waals surface area contributed by atoms with Crippen LogP contribution in [-0.4, -0.2) is 17.6 Å². The lowest BCUT2D eigenvalue weighted by Gasteiger charge is -2.07. The van der Waals surface area contributed by atoms with E-state index >= 15 is 0 Å². The van der Waals surface area contributed by atoms with Crippen molar-refractivity contribution in [2.45, 2.75) is 13.5 Å². The van der Waals surface area contributed by atoms with Gasteiger partial charge in [0.15, 0.2) is 0 Å². The van der Waals surface area contributed by atoms with Crippen LogP contribution in [-0.2, 0) is 11.3 Å². The molecule has 0 atom stereocenters. The highest BCUT2D eigenvalue weighted by molar-refractivity contribution is 5.92. The number of aromatic nitrogens is 1. The van der Waals surface area contributed by atoms with Gasteiger partial charge in [0.1, 0.15) is 23.1 Å². The van der Waals surface area contributed by atoms with Crippen LogP contribution in [0.25, 0.3) is 0 Å². The molecule has 0 bridgehead atoms. The summed E-state index contributed by atoms with van der Waals surface area (Å²) in [6, 6.07) is 5.10. The number of carbonyl (C=O) groups is 1. The average Bonchev–Trinajstić information content (AvgIpc) is 2.80. The first kappa shape index (κ1) is 14.1. The summed E-state index contributed by atoms with van der Waals surface area (Å²) in [6.07, 6.45) is 0. The van der Waals surface area contributed by atoms with Crippen molar-refractivity contribution in [2.75, 3.05) is 11.9 Å². The monoisotopic (exact) mass is 281 g/mol. The van der Waals surface area contributed by atoms with Crippen molar-refractivity contribution in [3.63, 3.8) is 0 Å². The Morgan fingerprint density at radius 2 is 2.05 bits per heavy atom. The molecule has 0 spiro atoms. The molecule has 0 saturated heterocycles. The molecule has 2 rings (SSSR count). The maximum absolute atomic E-state index is 13.3. The lowest BCUT2D eigenvalue weighted by atomic mass is 10.3. The van der Waals surface area contributed by atoms with E-state index in [-0.39, 0.29) is 6.54 Å². The lowest BCUT2D eigenvalue weighted by molar-refractivity contribution is -0.115. The van der Waals surface area contributed by atoms with Crippen molar-refractivity contribution in [1.82, 2.24) is 10.5 Å². The summed E-state index contributed by atoms with van der Waals surface area (Å²) in [5.74, 6) is -1.51. The number of carbonyl (C=O) groups excluding carboxylic acids is 1. The summed E-state index contributed by atoms with van der Waals surface area (Å²) in [5, 5.41) is 8.70. The summed E-state index contributed by atoms with van der Waals surface area (Å²) in [6.45, 7) is 1.98. The fraction of sp³-hybridized carbons (Fsp3) is 0.231. The molecule has 5 nitrogen and oxygen atoms in total. The van der Waals surface area contributed by atoms with Crippen LogP contribution in [0.15, 0.2) is 28.8 Å². The molecule has 106 valence electrons. The Balaban J connectivity index is 1.84. The molecule has 1 amide bonds. The zero-order chi connectivity index (χ0) is 14.5. The van der Waals surface area contributed by atoms with Crippen LogP contribution in [0.4, 0.5) is 14.5 Å². The number of benzene rings is 1. The van der Waals surface area contributed by atoms with Gasteiger partial charge in [-0.25, -0.2) is 8.78 Å². The molecule has 0 aliphatic heterocycles. The Kier molecular flexibility index (Phi) is 4.41. The molecule has 0 fully saturated rings. The minimum atomic E-state index is -0.814. The van der Waals surface area contributed by atoms with Crippen molar-refractivity contribution in [2.24, 2.45) is 0 Å². The SMILES string of the molecule is Cc1cc(CNCC(=O)Nc2c(F)cccc2F)no1. The molecule has 20 heavy (non-hydrogen) atoms. The molecule has 2 aromatic rings. The Labute approximate surface area is 114 Å². The van der Waals surface area contributed by atoms with Crippen LogP contribution < -0.4 is 10.6 Å². The van der Waals surface area contributed by atoms with Crippen LogP contribution in [0.1, 0.15) is 11.5 Å². The fourth-order valence-electron chi connectivity index (χ4n) is 1.61. The smallest absolute Gasteiger partial charge is 0.238 e. The van der Waals surface area contributed by atoms with E-state index in [2.05, 4.69) is 15.8 Å². The maximum Gasteiger partial charge on any atom is 0.238 e. The van der Waals surface area contributed by atoms with Gasteiger partial charge in [-0.3, -0.25) is 4.79 Å². The van der Waals surface area contributed by atoms with Gasteiger partial charge in [0, 0.05) is 12.6 Å². The lowest BCUT2D eigenvalue weighted by Crippen LogP contribution is -2.28. The van der Waals surface area contributed by atoms with Gasteiger partial charge < -0.3 is 15.2 Å².